The molecule has 2 aromatic heterocycles. The van der Waals surface area contributed by atoms with Crippen LogP contribution >= 0.6 is 0 Å². The second-order valence-electron chi connectivity index (χ2n) is 8.62. The standard InChI is InChI=1S/C26H26FN5O3/c1-15(2)12-13-32-24-22(25(34)31-26(32)35)29-23(30-24)20(14-18-6-4-5-7-21(18)27)17-8-10-19(11-9-17)28-16(3)33/h4-12,20H,13-14H2,1-3H3,(H,28,33)(H,29,30)(H,31,34,35). The summed E-state index contributed by atoms with van der Waals surface area (Å²) in [5, 5.41) is 2.72. The molecule has 4 aromatic rings. The van der Waals surface area contributed by atoms with Crippen molar-refractivity contribution in [3.8, 4) is 0 Å². The maximum atomic E-state index is 14.6. The summed E-state index contributed by atoms with van der Waals surface area (Å²) >= 11 is 0. The van der Waals surface area contributed by atoms with Gasteiger partial charge in [-0.1, -0.05) is 42.0 Å². The topological polar surface area (TPSA) is 113 Å². The maximum Gasteiger partial charge on any atom is 0.330 e. The first kappa shape index (κ1) is 23.9. The Labute approximate surface area is 200 Å². The Kier molecular flexibility index (Phi) is 6.77. The molecule has 4 rings (SSSR count). The van der Waals surface area contributed by atoms with E-state index >= 15 is 0 Å². The molecule has 0 bridgehead atoms. The third-order valence-electron chi connectivity index (χ3n) is 5.68. The van der Waals surface area contributed by atoms with Crippen molar-refractivity contribution in [1.29, 1.82) is 0 Å². The van der Waals surface area contributed by atoms with Crippen molar-refractivity contribution in [3.63, 3.8) is 0 Å². The minimum Gasteiger partial charge on any atom is -0.336 e. The molecule has 0 aliphatic carbocycles. The minimum absolute atomic E-state index is 0.176. The zero-order valence-corrected chi connectivity index (χ0v) is 19.7. The Morgan fingerprint density at radius 1 is 1.09 bits per heavy atom. The smallest absolute Gasteiger partial charge is 0.330 e. The Hall–Kier alpha value is -4.27. The normalized spacial score (nSPS) is 11.9. The molecule has 0 aliphatic rings. The Morgan fingerprint density at radius 3 is 2.46 bits per heavy atom. The average molecular weight is 476 g/mol. The van der Waals surface area contributed by atoms with Crippen LogP contribution in [0.1, 0.15) is 43.6 Å². The van der Waals surface area contributed by atoms with Gasteiger partial charge in [0.1, 0.15) is 17.2 Å². The lowest BCUT2D eigenvalue weighted by Crippen LogP contribution is -2.30. The van der Waals surface area contributed by atoms with E-state index in [1.165, 1.54) is 17.6 Å². The number of allylic oxidation sites excluding steroid dienone is 2. The van der Waals surface area contributed by atoms with Gasteiger partial charge in [0, 0.05) is 25.1 Å². The number of H-pyrrole nitrogens is 2. The number of aromatic nitrogens is 4. The summed E-state index contributed by atoms with van der Waals surface area (Å²) in [7, 11) is 0. The Bertz CT molecular complexity index is 1530. The summed E-state index contributed by atoms with van der Waals surface area (Å²) in [5.41, 5.74) is 2.22. The number of halogens is 1. The molecule has 3 N–H and O–H groups in total. The molecular formula is C26H26FN5O3. The molecule has 2 heterocycles. The molecule has 1 atom stereocenters. The number of carbonyl (C=O) groups is 1. The number of imidazole rings is 1. The first-order valence-electron chi connectivity index (χ1n) is 11.2. The highest BCUT2D eigenvalue weighted by atomic mass is 19.1. The van der Waals surface area contributed by atoms with E-state index in [4.69, 9.17) is 0 Å². The van der Waals surface area contributed by atoms with Crippen LogP contribution in [-0.4, -0.2) is 25.4 Å². The van der Waals surface area contributed by atoms with Crippen molar-refractivity contribution in [3.05, 3.63) is 104 Å². The number of benzene rings is 2. The van der Waals surface area contributed by atoms with E-state index in [0.29, 0.717) is 17.1 Å². The van der Waals surface area contributed by atoms with Gasteiger partial charge in [0.25, 0.3) is 5.56 Å². The molecule has 0 radical (unpaired) electrons. The van der Waals surface area contributed by atoms with E-state index < -0.39 is 17.2 Å². The van der Waals surface area contributed by atoms with Crippen molar-refractivity contribution in [1.82, 2.24) is 19.5 Å². The van der Waals surface area contributed by atoms with E-state index in [-0.39, 0.29) is 35.9 Å². The molecule has 0 fully saturated rings. The predicted molar refractivity (Wildman–Crippen MR) is 133 cm³/mol. The van der Waals surface area contributed by atoms with Gasteiger partial charge in [0.05, 0.1) is 0 Å². The second kappa shape index (κ2) is 9.92. The van der Waals surface area contributed by atoms with Gasteiger partial charge in [0.15, 0.2) is 5.65 Å². The van der Waals surface area contributed by atoms with Gasteiger partial charge in [-0.3, -0.25) is 19.1 Å². The molecular weight excluding hydrogens is 449 g/mol. The Balaban J connectivity index is 1.85. The van der Waals surface area contributed by atoms with Crippen molar-refractivity contribution in [2.45, 2.75) is 39.7 Å². The number of fused-ring (bicyclic) bond motifs is 1. The fraction of sp³-hybridized carbons (Fsp3) is 0.231. The predicted octanol–water partition coefficient (Wildman–Crippen LogP) is 3.85. The highest BCUT2D eigenvalue weighted by molar-refractivity contribution is 5.88. The molecule has 0 aliphatic heterocycles. The van der Waals surface area contributed by atoms with E-state index in [1.54, 1.807) is 30.3 Å². The lowest BCUT2D eigenvalue weighted by molar-refractivity contribution is -0.114. The van der Waals surface area contributed by atoms with E-state index in [9.17, 15) is 18.8 Å². The first-order valence-corrected chi connectivity index (χ1v) is 11.2. The molecule has 1 unspecified atom stereocenters. The van der Waals surface area contributed by atoms with E-state index in [1.807, 2.05) is 32.1 Å². The van der Waals surface area contributed by atoms with E-state index in [2.05, 4.69) is 20.3 Å². The van der Waals surface area contributed by atoms with Gasteiger partial charge in [-0.2, -0.15) is 0 Å². The molecule has 35 heavy (non-hydrogen) atoms. The molecule has 9 heteroatoms. The number of aromatic amines is 2. The number of hydrogen-bond acceptors (Lipinski definition) is 4. The number of rotatable bonds is 7. The van der Waals surface area contributed by atoms with E-state index in [0.717, 1.165) is 11.1 Å². The van der Waals surface area contributed by atoms with Crippen LogP contribution in [-0.2, 0) is 17.8 Å². The molecule has 2 aromatic carbocycles. The third-order valence-corrected chi connectivity index (χ3v) is 5.68. The molecule has 0 saturated carbocycles. The number of carbonyl (C=O) groups excluding carboxylic acids is 1. The van der Waals surface area contributed by atoms with Crippen molar-refractivity contribution >= 4 is 22.8 Å². The summed E-state index contributed by atoms with van der Waals surface area (Å²) in [6.45, 7) is 5.51. The minimum atomic E-state index is -0.567. The largest absolute Gasteiger partial charge is 0.336 e. The average Bonchev–Trinajstić information content (AvgIpc) is 3.24. The monoisotopic (exact) mass is 475 g/mol. The molecule has 8 nitrogen and oxygen atoms in total. The number of amides is 1. The van der Waals surface area contributed by atoms with Crippen LogP contribution in [0, 0.1) is 5.82 Å². The summed E-state index contributed by atoms with van der Waals surface area (Å²) in [6, 6.07) is 13.6. The van der Waals surface area contributed by atoms with Crippen LogP contribution in [0.25, 0.3) is 11.2 Å². The fourth-order valence-electron chi connectivity index (χ4n) is 3.93. The summed E-state index contributed by atoms with van der Waals surface area (Å²) < 4.78 is 16.0. The summed E-state index contributed by atoms with van der Waals surface area (Å²) in [5.74, 6) is -0.553. The SMILES string of the molecule is CC(=O)Nc1ccc(C(Cc2ccccc2F)c2nc3c([nH]2)c(=O)[nH]c(=O)n3CC=C(C)C)cc1. The number of hydrogen-bond donors (Lipinski definition) is 3. The molecule has 0 saturated heterocycles. The second-order valence-corrected chi connectivity index (χ2v) is 8.62. The van der Waals surface area contributed by atoms with Crippen LogP contribution in [0.3, 0.4) is 0 Å². The van der Waals surface area contributed by atoms with Gasteiger partial charge < -0.3 is 10.3 Å². The Morgan fingerprint density at radius 2 is 1.80 bits per heavy atom. The van der Waals surface area contributed by atoms with Gasteiger partial charge in [-0.05, 0) is 49.6 Å². The van der Waals surface area contributed by atoms with Crippen molar-refractivity contribution in [2.24, 2.45) is 0 Å². The molecule has 180 valence electrons. The quantitative estimate of drug-likeness (QED) is 0.352. The third kappa shape index (κ3) is 5.29. The van der Waals surface area contributed by atoms with Gasteiger partial charge in [0.2, 0.25) is 5.91 Å². The lowest BCUT2D eigenvalue weighted by atomic mass is 9.91. The van der Waals surface area contributed by atoms with Gasteiger partial charge in [-0.15, -0.1) is 0 Å². The maximum absolute atomic E-state index is 14.6. The zero-order valence-electron chi connectivity index (χ0n) is 19.7. The van der Waals surface area contributed by atoms with Crippen LogP contribution in [0.2, 0.25) is 0 Å². The van der Waals surface area contributed by atoms with Crippen LogP contribution in [0.15, 0.2) is 69.8 Å². The lowest BCUT2D eigenvalue weighted by Gasteiger charge is -2.16. The summed E-state index contributed by atoms with van der Waals surface area (Å²) in [4.78, 5) is 46.5. The number of nitrogens with zero attached hydrogens (tertiary/aromatic N) is 2. The first-order chi connectivity index (χ1) is 16.7. The molecule has 1 amide bonds. The number of anilines is 1. The number of nitrogens with one attached hydrogen (secondary N) is 3. The molecule has 0 spiro atoms. The zero-order chi connectivity index (χ0) is 25.1. The van der Waals surface area contributed by atoms with Crippen LogP contribution < -0.4 is 16.6 Å². The van der Waals surface area contributed by atoms with Gasteiger partial charge >= 0.3 is 5.69 Å². The van der Waals surface area contributed by atoms with Gasteiger partial charge in [-0.25, -0.2) is 14.2 Å². The van der Waals surface area contributed by atoms with Crippen LogP contribution in [0.4, 0.5) is 10.1 Å². The highest BCUT2D eigenvalue weighted by Gasteiger charge is 2.23. The fourth-order valence-corrected chi connectivity index (χ4v) is 3.93. The van der Waals surface area contributed by atoms with Crippen molar-refractivity contribution < 1.29 is 9.18 Å². The highest BCUT2D eigenvalue weighted by Crippen LogP contribution is 2.29. The van der Waals surface area contributed by atoms with Crippen molar-refractivity contribution in [2.75, 3.05) is 5.32 Å². The summed E-state index contributed by atoms with van der Waals surface area (Å²) in [6.07, 6.45) is 2.13. The van der Waals surface area contributed by atoms with Crippen LogP contribution in [0.5, 0.6) is 0 Å².